The summed E-state index contributed by atoms with van der Waals surface area (Å²) in [7, 11) is 0. The van der Waals surface area contributed by atoms with Crippen LogP contribution in [-0.4, -0.2) is 24.2 Å². The summed E-state index contributed by atoms with van der Waals surface area (Å²) < 4.78 is 5.11. The van der Waals surface area contributed by atoms with Gasteiger partial charge in [0.1, 0.15) is 0 Å². The SMILES string of the molecule is CCOC(=O)c1ccc(C2=Nc3cc(C(=O)NCc4ccc(N)cc4)ccc3Sc3ccccc32)cc1. The predicted octanol–water partition coefficient (Wildman–Crippen LogP) is 6.01. The van der Waals surface area contributed by atoms with Crippen molar-refractivity contribution in [3.8, 4) is 0 Å². The van der Waals surface area contributed by atoms with Crippen LogP contribution in [0.25, 0.3) is 0 Å². The summed E-state index contributed by atoms with van der Waals surface area (Å²) in [5.74, 6) is -0.533. The van der Waals surface area contributed by atoms with E-state index < -0.39 is 0 Å². The van der Waals surface area contributed by atoms with Crippen LogP contribution in [0.1, 0.15) is 44.3 Å². The first-order chi connectivity index (χ1) is 18.0. The van der Waals surface area contributed by atoms with Gasteiger partial charge in [-0.1, -0.05) is 54.2 Å². The van der Waals surface area contributed by atoms with Gasteiger partial charge in [-0.25, -0.2) is 9.79 Å². The van der Waals surface area contributed by atoms with E-state index in [2.05, 4.69) is 11.4 Å². The summed E-state index contributed by atoms with van der Waals surface area (Å²) >= 11 is 1.62. The number of nitrogens with zero attached hydrogens (tertiary/aromatic N) is 1. The van der Waals surface area contributed by atoms with E-state index in [1.165, 1.54) is 0 Å². The molecule has 1 amide bonds. The van der Waals surface area contributed by atoms with E-state index in [0.29, 0.717) is 35.7 Å². The molecule has 0 atom stereocenters. The Balaban J connectivity index is 1.47. The van der Waals surface area contributed by atoms with Crippen LogP contribution in [0.3, 0.4) is 0 Å². The Bertz CT molecular complexity index is 1500. The minimum absolute atomic E-state index is 0.179. The average Bonchev–Trinajstić information content (AvgIpc) is 3.09. The molecule has 6 nitrogen and oxygen atoms in total. The van der Waals surface area contributed by atoms with Crippen molar-refractivity contribution in [1.82, 2.24) is 5.32 Å². The summed E-state index contributed by atoms with van der Waals surface area (Å²) in [6, 6.07) is 28.3. The van der Waals surface area contributed by atoms with Crippen LogP contribution in [0.5, 0.6) is 0 Å². The molecule has 0 fully saturated rings. The van der Waals surface area contributed by atoms with Gasteiger partial charge in [-0.05, 0) is 61.0 Å². The van der Waals surface area contributed by atoms with E-state index in [9.17, 15) is 9.59 Å². The normalized spacial score (nSPS) is 12.0. The molecule has 1 aliphatic rings. The van der Waals surface area contributed by atoms with E-state index in [0.717, 1.165) is 32.2 Å². The lowest BCUT2D eigenvalue weighted by Crippen LogP contribution is -2.22. The Morgan fingerprint density at radius 2 is 1.62 bits per heavy atom. The second-order valence-electron chi connectivity index (χ2n) is 8.46. The summed E-state index contributed by atoms with van der Waals surface area (Å²) in [4.78, 5) is 32.1. The Morgan fingerprint density at radius 3 is 2.38 bits per heavy atom. The molecule has 5 rings (SSSR count). The van der Waals surface area contributed by atoms with E-state index in [1.807, 2.05) is 72.8 Å². The molecule has 0 bridgehead atoms. The van der Waals surface area contributed by atoms with Gasteiger partial charge in [0.05, 0.1) is 23.6 Å². The predicted molar refractivity (Wildman–Crippen MR) is 147 cm³/mol. The summed E-state index contributed by atoms with van der Waals surface area (Å²) in [5, 5.41) is 2.97. The third kappa shape index (κ3) is 5.42. The molecule has 0 unspecified atom stereocenters. The van der Waals surface area contributed by atoms with Crippen LogP contribution >= 0.6 is 11.8 Å². The highest BCUT2D eigenvalue weighted by Gasteiger charge is 2.20. The highest BCUT2D eigenvalue weighted by Crippen LogP contribution is 2.41. The zero-order valence-corrected chi connectivity index (χ0v) is 21.0. The fourth-order valence-electron chi connectivity index (χ4n) is 4.00. The van der Waals surface area contributed by atoms with Crippen molar-refractivity contribution in [2.45, 2.75) is 23.3 Å². The van der Waals surface area contributed by atoms with Crippen LogP contribution in [0.15, 0.2) is 106 Å². The first kappa shape index (κ1) is 24.3. The topological polar surface area (TPSA) is 93.8 Å². The lowest BCUT2D eigenvalue weighted by Gasteiger charge is -2.10. The number of fused-ring (bicyclic) bond motifs is 2. The van der Waals surface area contributed by atoms with Crippen molar-refractivity contribution in [3.63, 3.8) is 0 Å². The number of nitrogens with two attached hydrogens (primary N) is 1. The fraction of sp³-hybridized carbons (Fsp3) is 0.100. The number of amides is 1. The van der Waals surface area contributed by atoms with Crippen molar-refractivity contribution in [2.24, 2.45) is 4.99 Å². The molecule has 1 heterocycles. The first-order valence-corrected chi connectivity index (χ1v) is 12.7. The largest absolute Gasteiger partial charge is 0.462 e. The molecule has 7 heteroatoms. The molecule has 3 N–H and O–H groups in total. The molecule has 0 aliphatic carbocycles. The van der Waals surface area contributed by atoms with Crippen molar-refractivity contribution >= 4 is 40.7 Å². The van der Waals surface area contributed by atoms with Crippen molar-refractivity contribution < 1.29 is 14.3 Å². The summed E-state index contributed by atoms with van der Waals surface area (Å²) in [5.41, 5.74) is 11.8. The van der Waals surface area contributed by atoms with Crippen LogP contribution < -0.4 is 11.1 Å². The van der Waals surface area contributed by atoms with Gasteiger partial charge in [0, 0.05) is 38.7 Å². The Morgan fingerprint density at radius 1 is 0.892 bits per heavy atom. The number of aliphatic imine (C=N–C) groups is 1. The molecular formula is C30H25N3O3S. The Hall–Kier alpha value is -4.36. The minimum atomic E-state index is -0.354. The molecular weight excluding hydrogens is 482 g/mol. The second kappa shape index (κ2) is 10.7. The number of esters is 1. The number of carbonyl (C=O) groups excluding carboxylic acids is 2. The number of nitrogen functional groups attached to an aromatic ring is 1. The first-order valence-electron chi connectivity index (χ1n) is 11.9. The smallest absolute Gasteiger partial charge is 0.338 e. The lowest BCUT2D eigenvalue weighted by atomic mass is 10.0. The number of benzene rings is 4. The highest BCUT2D eigenvalue weighted by molar-refractivity contribution is 7.99. The molecule has 4 aromatic carbocycles. The highest BCUT2D eigenvalue weighted by atomic mass is 32.2. The van der Waals surface area contributed by atoms with Gasteiger partial charge in [0.15, 0.2) is 0 Å². The van der Waals surface area contributed by atoms with Crippen LogP contribution in [-0.2, 0) is 11.3 Å². The fourth-order valence-corrected chi connectivity index (χ4v) is 5.00. The Labute approximate surface area is 219 Å². The van der Waals surface area contributed by atoms with Gasteiger partial charge in [0.25, 0.3) is 5.91 Å². The van der Waals surface area contributed by atoms with E-state index in [-0.39, 0.29) is 11.9 Å². The minimum Gasteiger partial charge on any atom is -0.462 e. The van der Waals surface area contributed by atoms with Gasteiger partial charge in [0.2, 0.25) is 0 Å². The van der Waals surface area contributed by atoms with Gasteiger partial charge in [-0.15, -0.1) is 0 Å². The molecule has 1 aliphatic heterocycles. The maximum Gasteiger partial charge on any atom is 0.338 e. The van der Waals surface area contributed by atoms with Gasteiger partial charge < -0.3 is 15.8 Å². The monoisotopic (exact) mass is 507 g/mol. The van der Waals surface area contributed by atoms with Crippen LogP contribution in [0.4, 0.5) is 11.4 Å². The summed E-state index contributed by atoms with van der Waals surface area (Å²) in [6.45, 7) is 2.51. The number of hydrogen-bond donors (Lipinski definition) is 2. The maximum atomic E-state index is 12.9. The molecule has 0 aromatic heterocycles. The molecule has 0 saturated heterocycles. The van der Waals surface area contributed by atoms with E-state index in [4.69, 9.17) is 15.5 Å². The number of rotatable bonds is 6. The molecule has 0 spiro atoms. The van der Waals surface area contributed by atoms with E-state index in [1.54, 1.807) is 30.8 Å². The number of ether oxygens (including phenoxy) is 1. The van der Waals surface area contributed by atoms with Crippen LogP contribution in [0.2, 0.25) is 0 Å². The second-order valence-corrected chi connectivity index (χ2v) is 9.55. The van der Waals surface area contributed by atoms with Crippen molar-refractivity contribution in [2.75, 3.05) is 12.3 Å². The zero-order chi connectivity index (χ0) is 25.8. The van der Waals surface area contributed by atoms with Gasteiger partial charge in [-0.3, -0.25) is 4.79 Å². The number of carbonyl (C=O) groups is 2. The third-order valence-corrected chi connectivity index (χ3v) is 7.06. The van der Waals surface area contributed by atoms with Crippen molar-refractivity contribution in [1.29, 1.82) is 0 Å². The molecule has 0 saturated carbocycles. The molecule has 184 valence electrons. The third-order valence-electron chi connectivity index (χ3n) is 5.92. The van der Waals surface area contributed by atoms with Gasteiger partial charge in [-0.2, -0.15) is 0 Å². The molecule has 0 radical (unpaired) electrons. The number of hydrogen-bond acceptors (Lipinski definition) is 6. The maximum absolute atomic E-state index is 12.9. The average molecular weight is 508 g/mol. The van der Waals surface area contributed by atoms with Crippen LogP contribution in [0, 0.1) is 0 Å². The quantitative estimate of drug-likeness (QED) is 0.217. The number of nitrogens with one attached hydrogen (secondary N) is 1. The standard InChI is InChI=1S/C30H25N3O3S/c1-2-36-30(35)21-11-9-20(10-12-21)28-24-5-3-4-6-26(24)37-27-16-13-22(17-25(27)33-28)29(34)32-18-19-7-14-23(31)15-8-19/h3-17H,2,18,31H2,1H3,(H,32,34). The number of anilines is 1. The molecule has 37 heavy (non-hydrogen) atoms. The molecule has 4 aromatic rings. The van der Waals surface area contributed by atoms with E-state index >= 15 is 0 Å². The zero-order valence-electron chi connectivity index (χ0n) is 20.2. The lowest BCUT2D eigenvalue weighted by molar-refractivity contribution is 0.0526. The van der Waals surface area contributed by atoms with Crippen molar-refractivity contribution in [3.05, 3.63) is 119 Å². The summed E-state index contributed by atoms with van der Waals surface area (Å²) in [6.07, 6.45) is 0. The Kier molecular flexibility index (Phi) is 7.05. The van der Waals surface area contributed by atoms with Gasteiger partial charge >= 0.3 is 5.97 Å².